The van der Waals surface area contributed by atoms with Crippen molar-refractivity contribution in [3.63, 3.8) is 0 Å². The van der Waals surface area contributed by atoms with E-state index in [0.29, 0.717) is 50.9 Å². The minimum atomic E-state index is 0.0905. The number of hydrogen-bond acceptors (Lipinski definition) is 6. The van der Waals surface area contributed by atoms with Gasteiger partial charge in [0.1, 0.15) is 5.75 Å². The summed E-state index contributed by atoms with van der Waals surface area (Å²) < 4.78 is 7.03. The van der Waals surface area contributed by atoms with E-state index in [1.807, 2.05) is 53.4 Å². The third kappa shape index (κ3) is 5.97. The topological polar surface area (TPSA) is 53.1 Å². The van der Waals surface area contributed by atoms with Crippen LogP contribution >= 0.6 is 11.3 Å². The molecule has 0 bridgehead atoms. The molecule has 0 radical (unpaired) electrons. The molecule has 0 saturated carbocycles. The summed E-state index contributed by atoms with van der Waals surface area (Å²) in [5.74, 6) is 1.01. The number of Topliss-reactive ketones (excluding diaryl/α,β-unsaturated/α-hetero) is 1. The molecule has 2 saturated heterocycles. The molecule has 2 fully saturated rings. The number of likely N-dealkylation sites (tertiary alicyclic amines) is 1. The lowest BCUT2D eigenvalue weighted by Gasteiger charge is -2.34. The molecule has 3 aromatic rings. The summed E-state index contributed by atoms with van der Waals surface area (Å²) in [7, 11) is 0. The number of rotatable bonds is 9. The minimum Gasteiger partial charge on any atom is -0.494 e. The van der Waals surface area contributed by atoms with E-state index >= 15 is 0 Å². The van der Waals surface area contributed by atoms with E-state index in [9.17, 15) is 9.59 Å². The van der Waals surface area contributed by atoms with Crippen LogP contribution in [0.3, 0.4) is 0 Å². The quantitative estimate of drug-likeness (QED) is 0.309. The molecule has 36 heavy (non-hydrogen) atoms. The molecule has 1 amide bonds. The van der Waals surface area contributed by atoms with E-state index in [1.54, 1.807) is 11.3 Å². The highest BCUT2D eigenvalue weighted by atomic mass is 32.1. The van der Waals surface area contributed by atoms with Crippen molar-refractivity contribution in [1.29, 1.82) is 0 Å². The van der Waals surface area contributed by atoms with Gasteiger partial charge in [0.25, 0.3) is 5.91 Å². The molecule has 0 N–H and O–H groups in total. The first-order valence-corrected chi connectivity index (χ1v) is 13.9. The van der Waals surface area contributed by atoms with E-state index in [-0.39, 0.29) is 11.7 Å². The summed E-state index contributed by atoms with van der Waals surface area (Å²) in [4.78, 5) is 33.2. The maximum absolute atomic E-state index is 13.0. The lowest BCUT2D eigenvalue weighted by molar-refractivity contribution is 0.0629. The molecule has 2 aromatic carbocycles. The first-order chi connectivity index (χ1) is 17.6. The highest BCUT2D eigenvalue weighted by Crippen LogP contribution is 2.26. The number of hydrogen-bond donors (Lipinski definition) is 0. The predicted molar refractivity (Wildman–Crippen MR) is 145 cm³/mol. The van der Waals surface area contributed by atoms with Crippen LogP contribution in [-0.4, -0.2) is 84.9 Å². The summed E-state index contributed by atoms with van der Waals surface area (Å²) >= 11 is 1.55. The largest absolute Gasteiger partial charge is 0.494 e. The van der Waals surface area contributed by atoms with Crippen LogP contribution in [0, 0.1) is 0 Å². The fourth-order valence-corrected chi connectivity index (χ4v) is 6.20. The van der Waals surface area contributed by atoms with Crippen molar-refractivity contribution in [3.05, 3.63) is 65.0 Å². The van der Waals surface area contributed by atoms with E-state index in [4.69, 9.17) is 4.74 Å². The van der Waals surface area contributed by atoms with Crippen molar-refractivity contribution in [2.45, 2.75) is 32.2 Å². The highest BCUT2D eigenvalue weighted by molar-refractivity contribution is 7.20. The molecule has 7 heteroatoms. The Morgan fingerprint density at radius 1 is 1.00 bits per heavy atom. The predicted octanol–water partition coefficient (Wildman–Crippen LogP) is 4.80. The third-order valence-corrected chi connectivity index (χ3v) is 8.49. The number of benzene rings is 2. The van der Waals surface area contributed by atoms with Gasteiger partial charge in [0.15, 0.2) is 5.78 Å². The summed E-state index contributed by atoms with van der Waals surface area (Å²) in [6.07, 6.45) is 3.62. The van der Waals surface area contributed by atoms with Gasteiger partial charge in [-0.3, -0.25) is 14.5 Å². The van der Waals surface area contributed by atoms with Gasteiger partial charge in [-0.25, -0.2) is 0 Å². The Kier molecular flexibility index (Phi) is 7.99. The molecule has 2 aliphatic rings. The van der Waals surface area contributed by atoms with E-state index < -0.39 is 0 Å². The van der Waals surface area contributed by atoms with Crippen molar-refractivity contribution in [1.82, 2.24) is 14.7 Å². The lowest BCUT2D eigenvalue weighted by Crippen LogP contribution is -2.49. The van der Waals surface area contributed by atoms with Crippen LogP contribution < -0.4 is 4.74 Å². The molecular weight excluding hydrogens is 470 g/mol. The minimum absolute atomic E-state index is 0.0905. The molecule has 0 aliphatic carbocycles. The Balaban J connectivity index is 1.04. The zero-order valence-electron chi connectivity index (χ0n) is 21.0. The van der Waals surface area contributed by atoms with Crippen LogP contribution in [-0.2, 0) is 0 Å². The summed E-state index contributed by atoms with van der Waals surface area (Å²) in [5, 5.41) is 1.11. The first-order valence-electron chi connectivity index (χ1n) is 13.1. The average Bonchev–Trinajstić information content (AvgIpc) is 3.53. The monoisotopic (exact) mass is 505 g/mol. The van der Waals surface area contributed by atoms with Crippen LogP contribution in [0.4, 0.5) is 0 Å². The fraction of sp³-hybridized carbons (Fsp3) is 0.448. The molecule has 190 valence electrons. The van der Waals surface area contributed by atoms with Gasteiger partial charge in [-0.15, -0.1) is 11.3 Å². The molecule has 6 nitrogen and oxygen atoms in total. The second-order valence-electron chi connectivity index (χ2n) is 9.89. The summed E-state index contributed by atoms with van der Waals surface area (Å²) in [5.41, 5.74) is 0.706. The van der Waals surface area contributed by atoms with Crippen LogP contribution in [0.5, 0.6) is 5.75 Å². The molecular formula is C29H35N3O3S. The Bertz CT molecular complexity index is 1150. The first kappa shape index (κ1) is 24.9. The standard InChI is InChI=1S/C29H35N3O3S/c1-22-6-4-13-31(22)14-5-19-35-25-11-9-23(10-12-25)26(33)21-30-15-17-32(18-16-30)29(34)28-20-24-7-2-3-8-27(24)36-28/h2-3,7-12,20,22H,4-6,13-19,21H2,1H3. The zero-order chi connectivity index (χ0) is 24.9. The smallest absolute Gasteiger partial charge is 0.264 e. The number of thiophene rings is 1. The van der Waals surface area contributed by atoms with Gasteiger partial charge in [-0.05, 0) is 74.5 Å². The number of carbonyl (C=O) groups is 2. The summed E-state index contributed by atoms with van der Waals surface area (Å²) in [6, 6.07) is 18.3. The molecule has 1 aromatic heterocycles. The Labute approximate surface area is 217 Å². The number of piperazine rings is 1. The lowest BCUT2D eigenvalue weighted by atomic mass is 10.1. The van der Waals surface area contributed by atoms with Crippen LogP contribution in [0.25, 0.3) is 10.1 Å². The number of carbonyl (C=O) groups excluding carboxylic acids is 2. The van der Waals surface area contributed by atoms with Gasteiger partial charge in [-0.1, -0.05) is 18.2 Å². The molecule has 0 spiro atoms. The maximum Gasteiger partial charge on any atom is 0.264 e. The second kappa shape index (κ2) is 11.5. The molecule has 2 aliphatic heterocycles. The Morgan fingerprint density at radius 2 is 1.78 bits per heavy atom. The van der Waals surface area contributed by atoms with Crippen LogP contribution in [0.1, 0.15) is 46.2 Å². The van der Waals surface area contributed by atoms with E-state index in [0.717, 1.165) is 33.7 Å². The highest BCUT2D eigenvalue weighted by Gasteiger charge is 2.25. The van der Waals surface area contributed by atoms with Crippen molar-refractivity contribution in [3.8, 4) is 5.75 Å². The van der Waals surface area contributed by atoms with Gasteiger partial charge in [0.2, 0.25) is 0 Å². The molecule has 3 heterocycles. The Morgan fingerprint density at radius 3 is 2.50 bits per heavy atom. The van der Waals surface area contributed by atoms with E-state index in [2.05, 4.69) is 22.8 Å². The fourth-order valence-electron chi connectivity index (χ4n) is 5.17. The number of amides is 1. The average molecular weight is 506 g/mol. The number of nitrogens with zero attached hydrogens (tertiary/aromatic N) is 3. The molecule has 5 rings (SSSR count). The van der Waals surface area contributed by atoms with Gasteiger partial charge in [0, 0.05) is 49.0 Å². The van der Waals surface area contributed by atoms with Crippen LogP contribution in [0.2, 0.25) is 0 Å². The van der Waals surface area contributed by atoms with E-state index in [1.165, 1.54) is 19.4 Å². The van der Waals surface area contributed by atoms with Crippen LogP contribution in [0.15, 0.2) is 54.6 Å². The maximum atomic E-state index is 13.0. The summed E-state index contributed by atoms with van der Waals surface area (Å²) in [6.45, 7) is 8.36. The second-order valence-corrected chi connectivity index (χ2v) is 11.0. The third-order valence-electron chi connectivity index (χ3n) is 7.39. The van der Waals surface area contributed by atoms with Gasteiger partial charge >= 0.3 is 0 Å². The van der Waals surface area contributed by atoms with Gasteiger partial charge < -0.3 is 14.5 Å². The number of ketones is 1. The number of ether oxygens (including phenoxy) is 1. The normalized spacial score (nSPS) is 19.1. The molecule has 1 atom stereocenters. The van der Waals surface area contributed by atoms with Crippen molar-refractivity contribution in [2.75, 3.05) is 52.4 Å². The number of fused-ring (bicyclic) bond motifs is 1. The van der Waals surface area contributed by atoms with Crippen molar-refractivity contribution in [2.24, 2.45) is 0 Å². The SMILES string of the molecule is CC1CCCN1CCCOc1ccc(C(=O)CN2CCN(C(=O)c3cc4ccccc4s3)CC2)cc1. The Hall–Kier alpha value is -2.74. The van der Waals surface area contributed by atoms with Crippen molar-refractivity contribution < 1.29 is 14.3 Å². The van der Waals surface area contributed by atoms with Gasteiger partial charge in [0.05, 0.1) is 18.0 Å². The zero-order valence-corrected chi connectivity index (χ0v) is 21.8. The van der Waals surface area contributed by atoms with Gasteiger partial charge in [-0.2, -0.15) is 0 Å². The van der Waals surface area contributed by atoms with Crippen molar-refractivity contribution >= 4 is 33.1 Å². The molecule has 1 unspecified atom stereocenters.